The number of fused-ring (bicyclic) bond motifs is 1. The molecule has 3 aromatic rings. The molecule has 1 aliphatic rings. The molecular weight excluding hydrogens is 436 g/mol. The summed E-state index contributed by atoms with van der Waals surface area (Å²) < 4.78 is 0. The highest BCUT2D eigenvalue weighted by Crippen LogP contribution is 2.22. The van der Waals surface area contributed by atoms with Gasteiger partial charge in [-0.05, 0) is 87.1 Å². The number of aryl methyl sites for hydroxylation is 2. The number of nitrogens with zero attached hydrogens (tertiary/aromatic N) is 2. The van der Waals surface area contributed by atoms with Crippen molar-refractivity contribution in [3.8, 4) is 0 Å². The Bertz CT molecular complexity index is 1210. The molecule has 0 aliphatic carbocycles. The second kappa shape index (κ2) is 9.98. The lowest BCUT2D eigenvalue weighted by atomic mass is 10.0. The van der Waals surface area contributed by atoms with E-state index in [1.54, 1.807) is 29.2 Å². The smallest absolute Gasteiger partial charge is 0.321 e. The van der Waals surface area contributed by atoms with Gasteiger partial charge < -0.3 is 15.2 Å². The largest absolute Gasteiger partial charge is 0.322 e. The minimum absolute atomic E-state index is 0.155. The van der Waals surface area contributed by atoms with Gasteiger partial charge in [-0.15, -0.1) is 0 Å². The fraction of sp³-hybridized carbons (Fsp3) is 0.385. The minimum atomic E-state index is -0.222. The van der Waals surface area contributed by atoms with Crippen LogP contribution in [-0.2, 0) is 6.54 Å². The first-order valence-electron chi connectivity index (χ1n) is 11.5. The highest BCUT2D eigenvalue weighted by atomic mass is 35.5. The number of benzene rings is 2. The van der Waals surface area contributed by atoms with Crippen molar-refractivity contribution in [2.45, 2.75) is 46.2 Å². The number of anilines is 1. The van der Waals surface area contributed by atoms with Crippen molar-refractivity contribution >= 4 is 34.2 Å². The molecule has 7 heteroatoms. The summed E-state index contributed by atoms with van der Waals surface area (Å²) in [6.07, 6.45) is 2.17. The van der Waals surface area contributed by atoms with Crippen molar-refractivity contribution in [1.82, 2.24) is 14.8 Å². The number of rotatable bonds is 6. The Hall–Kier alpha value is -2.83. The molecule has 2 N–H and O–H groups in total. The Labute approximate surface area is 199 Å². The number of halogens is 1. The standard InChI is InChI=1S/C26H31ClN4O2/c1-4-30-11-5-6-23(30)16-31(26(33)28-22-9-7-21(27)8-10-22)15-20-14-19-13-17(2)12-18(3)24(19)29-25(20)32/h7-10,12-14,23H,4-6,11,15-16H2,1-3H3,(H,28,33)(H,29,32)/t23-/m0/s1. The van der Waals surface area contributed by atoms with E-state index in [1.165, 1.54) is 0 Å². The summed E-state index contributed by atoms with van der Waals surface area (Å²) in [5.41, 5.74) is 4.12. The predicted molar refractivity (Wildman–Crippen MR) is 135 cm³/mol. The number of hydrogen-bond acceptors (Lipinski definition) is 3. The zero-order valence-corrected chi connectivity index (χ0v) is 20.2. The molecule has 1 atom stereocenters. The van der Waals surface area contributed by atoms with Gasteiger partial charge in [-0.2, -0.15) is 0 Å². The van der Waals surface area contributed by atoms with Gasteiger partial charge in [-0.25, -0.2) is 4.79 Å². The van der Waals surface area contributed by atoms with Gasteiger partial charge in [0.2, 0.25) is 0 Å². The highest BCUT2D eigenvalue weighted by molar-refractivity contribution is 6.30. The Morgan fingerprint density at radius 2 is 1.97 bits per heavy atom. The molecule has 2 heterocycles. The van der Waals surface area contributed by atoms with E-state index >= 15 is 0 Å². The van der Waals surface area contributed by atoms with Gasteiger partial charge in [-0.1, -0.05) is 30.2 Å². The maximum atomic E-state index is 13.3. The number of aromatic amines is 1. The van der Waals surface area contributed by atoms with Gasteiger partial charge in [0.15, 0.2) is 0 Å². The number of nitrogens with one attached hydrogen (secondary N) is 2. The summed E-state index contributed by atoms with van der Waals surface area (Å²) >= 11 is 5.98. The number of carbonyl (C=O) groups excluding carboxylic acids is 1. The average molecular weight is 467 g/mol. The van der Waals surface area contributed by atoms with Gasteiger partial charge in [0, 0.05) is 28.9 Å². The number of amides is 2. The molecule has 2 aromatic carbocycles. The maximum Gasteiger partial charge on any atom is 0.322 e. The molecule has 1 fully saturated rings. The summed E-state index contributed by atoms with van der Waals surface area (Å²) in [6, 6.07) is 13.2. The molecule has 1 saturated heterocycles. The molecule has 1 aliphatic heterocycles. The van der Waals surface area contributed by atoms with Crippen LogP contribution < -0.4 is 10.9 Å². The number of likely N-dealkylation sites (N-methyl/N-ethyl adjacent to an activating group) is 1. The highest BCUT2D eigenvalue weighted by Gasteiger charge is 2.28. The average Bonchev–Trinajstić information content (AvgIpc) is 3.23. The number of likely N-dealkylation sites (tertiary alicyclic amines) is 1. The van der Waals surface area contributed by atoms with Crippen LogP contribution in [0, 0.1) is 13.8 Å². The van der Waals surface area contributed by atoms with Gasteiger partial charge in [0.1, 0.15) is 0 Å². The maximum absolute atomic E-state index is 13.3. The number of urea groups is 1. The van der Waals surface area contributed by atoms with E-state index in [1.807, 2.05) is 19.9 Å². The Balaban J connectivity index is 1.63. The van der Waals surface area contributed by atoms with Crippen molar-refractivity contribution in [3.05, 3.63) is 74.5 Å². The van der Waals surface area contributed by atoms with Crippen LogP contribution in [0.3, 0.4) is 0 Å². The minimum Gasteiger partial charge on any atom is -0.321 e. The normalized spacial score (nSPS) is 16.3. The number of carbonyl (C=O) groups is 1. The first kappa shape index (κ1) is 23.3. The van der Waals surface area contributed by atoms with E-state index in [-0.39, 0.29) is 24.2 Å². The van der Waals surface area contributed by atoms with Gasteiger partial charge in [-0.3, -0.25) is 9.69 Å². The van der Waals surface area contributed by atoms with E-state index in [0.717, 1.165) is 48.0 Å². The first-order chi connectivity index (χ1) is 15.8. The quantitative estimate of drug-likeness (QED) is 0.516. The van der Waals surface area contributed by atoms with Crippen LogP contribution in [0.4, 0.5) is 10.5 Å². The number of hydrogen-bond donors (Lipinski definition) is 2. The van der Waals surface area contributed by atoms with Crippen molar-refractivity contribution < 1.29 is 4.79 Å². The lowest BCUT2D eigenvalue weighted by Crippen LogP contribution is -2.45. The lowest BCUT2D eigenvalue weighted by Gasteiger charge is -2.30. The zero-order chi connectivity index (χ0) is 23.5. The topological polar surface area (TPSA) is 68.4 Å². The van der Waals surface area contributed by atoms with Crippen molar-refractivity contribution in [3.63, 3.8) is 0 Å². The van der Waals surface area contributed by atoms with E-state index < -0.39 is 0 Å². The fourth-order valence-corrected chi connectivity index (χ4v) is 4.91. The SMILES string of the molecule is CCN1CCC[C@H]1CN(Cc1cc2cc(C)cc(C)c2[nH]c1=O)C(=O)Nc1ccc(Cl)cc1. The Kier molecular flexibility index (Phi) is 7.05. The molecule has 0 radical (unpaired) electrons. The lowest BCUT2D eigenvalue weighted by molar-refractivity contribution is 0.174. The molecule has 2 amide bonds. The van der Waals surface area contributed by atoms with Crippen LogP contribution in [0.2, 0.25) is 5.02 Å². The molecule has 1 aromatic heterocycles. The van der Waals surface area contributed by atoms with Crippen LogP contribution in [0.25, 0.3) is 10.9 Å². The van der Waals surface area contributed by atoms with Crippen LogP contribution in [-0.4, -0.2) is 46.5 Å². The van der Waals surface area contributed by atoms with E-state index in [4.69, 9.17) is 11.6 Å². The van der Waals surface area contributed by atoms with Crippen LogP contribution in [0.5, 0.6) is 0 Å². The summed E-state index contributed by atoms with van der Waals surface area (Å²) in [4.78, 5) is 33.4. The fourth-order valence-electron chi connectivity index (χ4n) is 4.78. The second-order valence-electron chi connectivity index (χ2n) is 8.91. The molecule has 4 rings (SSSR count). The van der Waals surface area contributed by atoms with E-state index in [9.17, 15) is 9.59 Å². The second-order valence-corrected chi connectivity index (χ2v) is 9.35. The molecule has 33 heavy (non-hydrogen) atoms. The van der Waals surface area contributed by atoms with E-state index in [2.05, 4.69) is 34.3 Å². The van der Waals surface area contributed by atoms with E-state index in [0.29, 0.717) is 22.8 Å². The molecular formula is C26H31ClN4O2. The van der Waals surface area contributed by atoms with Gasteiger partial charge in [0.25, 0.3) is 5.56 Å². The summed E-state index contributed by atoms with van der Waals surface area (Å²) in [5.74, 6) is 0. The third-order valence-corrected chi connectivity index (χ3v) is 6.70. The Morgan fingerprint density at radius 1 is 1.21 bits per heavy atom. The predicted octanol–water partition coefficient (Wildman–Crippen LogP) is 5.32. The molecule has 0 spiro atoms. The van der Waals surface area contributed by atoms with Crippen molar-refractivity contribution in [2.24, 2.45) is 0 Å². The van der Waals surface area contributed by atoms with Gasteiger partial charge in [0.05, 0.1) is 12.1 Å². The third kappa shape index (κ3) is 5.40. The third-order valence-electron chi connectivity index (χ3n) is 6.45. The first-order valence-corrected chi connectivity index (χ1v) is 11.9. The Morgan fingerprint density at radius 3 is 2.70 bits per heavy atom. The molecule has 6 nitrogen and oxygen atoms in total. The van der Waals surface area contributed by atoms with Crippen LogP contribution in [0.1, 0.15) is 36.5 Å². The summed E-state index contributed by atoms with van der Waals surface area (Å²) in [5, 5.41) is 4.56. The van der Waals surface area contributed by atoms with Crippen molar-refractivity contribution in [2.75, 3.05) is 25.0 Å². The zero-order valence-electron chi connectivity index (χ0n) is 19.5. The molecule has 0 bridgehead atoms. The van der Waals surface area contributed by atoms with Crippen LogP contribution >= 0.6 is 11.6 Å². The molecule has 0 unspecified atom stereocenters. The van der Waals surface area contributed by atoms with Gasteiger partial charge >= 0.3 is 6.03 Å². The number of pyridine rings is 1. The summed E-state index contributed by atoms with van der Waals surface area (Å²) in [6.45, 7) is 8.99. The summed E-state index contributed by atoms with van der Waals surface area (Å²) in [7, 11) is 0. The molecule has 174 valence electrons. The number of aromatic nitrogens is 1. The van der Waals surface area contributed by atoms with Crippen molar-refractivity contribution in [1.29, 1.82) is 0 Å². The molecule has 0 saturated carbocycles. The number of H-pyrrole nitrogens is 1. The monoisotopic (exact) mass is 466 g/mol. The van der Waals surface area contributed by atoms with Crippen LogP contribution in [0.15, 0.2) is 47.3 Å².